The van der Waals surface area contributed by atoms with Gasteiger partial charge in [-0.05, 0) is 24.3 Å². The predicted molar refractivity (Wildman–Crippen MR) is 76.2 cm³/mol. The first-order valence-corrected chi connectivity index (χ1v) is 7.22. The number of carbonyl (C=O) groups is 1. The largest absolute Gasteiger partial charge is 0.383 e. The van der Waals surface area contributed by atoms with E-state index in [2.05, 4.69) is 11.8 Å². The van der Waals surface area contributed by atoms with Crippen LogP contribution in [-0.4, -0.2) is 43.7 Å². The van der Waals surface area contributed by atoms with Gasteiger partial charge in [0.15, 0.2) is 0 Å². The van der Waals surface area contributed by atoms with Gasteiger partial charge in [-0.15, -0.1) is 11.3 Å². The van der Waals surface area contributed by atoms with E-state index < -0.39 is 0 Å². The summed E-state index contributed by atoms with van der Waals surface area (Å²) in [5, 5.41) is 1.90. The van der Waals surface area contributed by atoms with Crippen LogP contribution in [0.15, 0.2) is 11.4 Å². The van der Waals surface area contributed by atoms with Crippen LogP contribution in [0, 0.1) is 11.8 Å². The average Bonchev–Trinajstić information content (AvgIpc) is 3.14. The van der Waals surface area contributed by atoms with Crippen molar-refractivity contribution in [2.75, 3.05) is 26.8 Å². The molecule has 1 fully saturated rings. The van der Waals surface area contributed by atoms with Crippen LogP contribution in [-0.2, 0) is 4.74 Å². The number of amides is 1. The highest BCUT2D eigenvalue weighted by Crippen LogP contribution is 2.29. The lowest BCUT2D eigenvalue weighted by Gasteiger charge is -2.21. The smallest absolute Gasteiger partial charge is 0.265 e. The Morgan fingerprint density at radius 3 is 3.05 bits per heavy atom. The van der Waals surface area contributed by atoms with Crippen LogP contribution in [0.25, 0.3) is 0 Å². The summed E-state index contributed by atoms with van der Waals surface area (Å²) in [6.45, 7) is 1.51. The molecule has 0 aromatic carbocycles. The second-order valence-electron chi connectivity index (χ2n) is 4.39. The number of methoxy groups -OCH3 is 1. The number of rotatable bonds is 5. The van der Waals surface area contributed by atoms with Gasteiger partial charge in [-0.25, -0.2) is 0 Å². The molecule has 2 rings (SSSR count). The monoisotopic (exact) mass is 278 g/mol. The zero-order valence-electron chi connectivity index (χ0n) is 11.0. The standard InChI is InChI=1S/C14H18N2O2S/c1-18-9-8-16(12-4-5-12)14(17)13-11(3-2-7-15)6-10-19-13/h6,10,12H,4-5,7-9,15H2,1H3. The quantitative estimate of drug-likeness (QED) is 0.826. The van der Waals surface area contributed by atoms with Gasteiger partial charge in [0, 0.05) is 25.3 Å². The van der Waals surface area contributed by atoms with E-state index in [0.717, 1.165) is 18.4 Å². The zero-order valence-corrected chi connectivity index (χ0v) is 11.8. The summed E-state index contributed by atoms with van der Waals surface area (Å²) in [5.41, 5.74) is 6.15. The topological polar surface area (TPSA) is 55.6 Å². The summed E-state index contributed by atoms with van der Waals surface area (Å²) < 4.78 is 5.08. The molecule has 2 N–H and O–H groups in total. The molecule has 1 aliphatic carbocycles. The third-order valence-electron chi connectivity index (χ3n) is 2.97. The van der Waals surface area contributed by atoms with Gasteiger partial charge in [-0.3, -0.25) is 4.79 Å². The third-order valence-corrected chi connectivity index (χ3v) is 3.87. The summed E-state index contributed by atoms with van der Waals surface area (Å²) in [6, 6.07) is 2.25. The molecular weight excluding hydrogens is 260 g/mol. The molecule has 0 atom stereocenters. The molecule has 1 saturated carbocycles. The van der Waals surface area contributed by atoms with Gasteiger partial charge in [-0.1, -0.05) is 11.8 Å². The van der Waals surface area contributed by atoms with E-state index in [4.69, 9.17) is 10.5 Å². The van der Waals surface area contributed by atoms with Crippen molar-refractivity contribution in [2.45, 2.75) is 18.9 Å². The molecule has 102 valence electrons. The van der Waals surface area contributed by atoms with Crippen LogP contribution < -0.4 is 5.73 Å². The minimum atomic E-state index is 0.0656. The lowest BCUT2D eigenvalue weighted by molar-refractivity contribution is 0.0685. The fourth-order valence-corrected chi connectivity index (χ4v) is 2.68. The van der Waals surface area contributed by atoms with Gasteiger partial charge in [0.25, 0.3) is 5.91 Å². The van der Waals surface area contributed by atoms with E-state index in [1.165, 1.54) is 11.3 Å². The maximum atomic E-state index is 12.6. The van der Waals surface area contributed by atoms with Gasteiger partial charge in [0.05, 0.1) is 13.2 Å². The lowest BCUT2D eigenvalue weighted by Crippen LogP contribution is -2.35. The van der Waals surface area contributed by atoms with Crippen molar-refractivity contribution in [2.24, 2.45) is 5.73 Å². The number of thiophene rings is 1. The highest BCUT2D eigenvalue weighted by Gasteiger charge is 2.33. The van der Waals surface area contributed by atoms with E-state index in [1.807, 2.05) is 16.3 Å². The van der Waals surface area contributed by atoms with Crippen molar-refractivity contribution in [3.05, 3.63) is 21.9 Å². The number of hydrogen-bond donors (Lipinski definition) is 1. The Hall–Kier alpha value is -1.35. The normalized spacial score (nSPS) is 13.8. The Balaban J connectivity index is 2.14. The molecule has 1 amide bonds. The Morgan fingerprint density at radius 2 is 2.42 bits per heavy atom. The molecule has 19 heavy (non-hydrogen) atoms. The molecule has 0 unspecified atom stereocenters. The van der Waals surface area contributed by atoms with Crippen molar-refractivity contribution in [1.82, 2.24) is 4.90 Å². The maximum absolute atomic E-state index is 12.6. The number of carbonyl (C=O) groups excluding carboxylic acids is 1. The molecule has 4 nitrogen and oxygen atoms in total. The van der Waals surface area contributed by atoms with E-state index in [-0.39, 0.29) is 5.91 Å². The van der Waals surface area contributed by atoms with Gasteiger partial charge in [0.1, 0.15) is 4.88 Å². The Labute approximate surface area is 117 Å². The van der Waals surface area contributed by atoms with Gasteiger partial charge >= 0.3 is 0 Å². The first kappa shape index (κ1) is 14.1. The van der Waals surface area contributed by atoms with Gasteiger partial charge in [0.2, 0.25) is 0 Å². The third kappa shape index (κ3) is 3.57. The summed E-state index contributed by atoms with van der Waals surface area (Å²) in [6.07, 6.45) is 2.18. The second-order valence-corrected chi connectivity index (χ2v) is 5.31. The highest BCUT2D eigenvalue weighted by atomic mass is 32.1. The Kier molecular flexibility index (Phi) is 4.97. The number of nitrogens with two attached hydrogens (primary N) is 1. The van der Waals surface area contributed by atoms with Crippen LogP contribution in [0.1, 0.15) is 28.1 Å². The van der Waals surface area contributed by atoms with Crippen LogP contribution in [0.3, 0.4) is 0 Å². The molecule has 1 aromatic heterocycles. The minimum Gasteiger partial charge on any atom is -0.383 e. The number of ether oxygens (including phenoxy) is 1. The summed E-state index contributed by atoms with van der Waals surface area (Å²) >= 11 is 1.44. The zero-order chi connectivity index (χ0) is 13.7. The van der Waals surface area contributed by atoms with E-state index >= 15 is 0 Å². The molecule has 0 aliphatic heterocycles. The van der Waals surface area contributed by atoms with E-state index in [0.29, 0.717) is 30.6 Å². The maximum Gasteiger partial charge on any atom is 0.265 e. The molecule has 0 saturated heterocycles. The number of hydrogen-bond acceptors (Lipinski definition) is 4. The van der Waals surface area contributed by atoms with E-state index in [1.54, 1.807) is 7.11 Å². The van der Waals surface area contributed by atoms with Crippen molar-refractivity contribution in [3.8, 4) is 11.8 Å². The molecular formula is C14H18N2O2S. The van der Waals surface area contributed by atoms with Gasteiger partial charge < -0.3 is 15.4 Å². The fraction of sp³-hybridized carbons (Fsp3) is 0.500. The van der Waals surface area contributed by atoms with E-state index in [9.17, 15) is 4.79 Å². The molecule has 0 bridgehead atoms. The Morgan fingerprint density at radius 1 is 1.63 bits per heavy atom. The first-order valence-electron chi connectivity index (χ1n) is 6.34. The Bertz CT molecular complexity index is 497. The summed E-state index contributed by atoms with van der Waals surface area (Å²) in [5.74, 6) is 5.83. The predicted octanol–water partition coefficient (Wildman–Crippen LogP) is 1.31. The fourth-order valence-electron chi connectivity index (χ4n) is 1.88. The minimum absolute atomic E-state index is 0.0656. The SMILES string of the molecule is COCCN(C(=O)c1sccc1C#CCN)C1CC1. The molecule has 0 spiro atoms. The molecule has 1 aromatic rings. The molecule has 1 heterocycles. The van der Waals surface area contributed by atoms with Crippen LogP contribution in [0.2, 0.25) is 0 Å². The summed E-state index contributed by atoms with van der Waals surface area (Å²) in [4.78, 5) is 15.2. The molecule has 5 heteroatoms. The van der Waals surface area contributed by atoms with Crippen LogP contribution in [0.4, 0.5) is 0 Å². The summed E-state index contributed by atoms with van der Waals surface area (Å²) in [7, 11) is 1.65. The van der Waals surface area contributed by atoms with Crippen molar-refractivity contribution in [3.63, 3.8) is 0 Å². The first-order chi connectivity index (χ1) is 9.27. The highest BCUT2D eigenvalue weighted by molar-refractivity contribution is 7.12. The van der Waals surface area contributed by atoms with Crippen molar-refractivity contribution in [1.29, 1.82) is 0 Å². The molecule has 0 radical (unpaired) electrons. The van der Waals surface area contributed by atoms with Crippen LogP contribution in [0.5, 0.6) is 0 Å². The van der Waals surface area contributed by atoms with Gasteiger partial charge in [-0.2, -0.15) is 0 Å². The van der Waals surface area contributed by atoms with Crippen molar-refractivity contribution >= 4 is 17.2 Å². The molecule has 1 aliphatic rings. The number of nitrogens with zero attached hydrogens (tertiary/aromatic N) is 1. The average molecular weight is 278 g/mol. The second kappa shape index (κ2) is 6.71. The van der Waals surface area contributed by atoms with Crippen molar-refractivity contribution < 1.29 is 9.53 Å². The lowest BCUT2D eigenvalue weighted by atomic mass is 10.2. The van der Waals surface area contributed by atoms with Crippen LogP contribution >= 0.6 is 11.3 Å².